The van der Waals surface area contributed by atoms with E-state index in [9.17, 15) is 0 Å². The quantitative estimate of drug-likeness (QED) is 0.626. The molecule has 0 unspecified atom stereocenters. The fourth-order valence-electron chi connectivity index (χ4n) is 1.53. The lowest BCUT2D eigenvalue weighted by Gasteiger charge is -2.03. The molecule has 1 aromatic rings. The normalized spacial score (nSPS) is 10.3. The fraction of sp³-hybridized carbons (Fsp3) is 0.667. The van der Waals surface area contributed by atoms with Crippen molar-refractivity contribution in [3.63, 3.8) is 0 Å². The van der Waals surface area contributed by atoms with Crippen LogP contribution < -0.4 is 11.1 Å². The Kier molecular flexibility index (Phi) is 7.34. The summed E-state index contributed by atoms with van der Waals surface area (Å²) in [6.07, 6.45) is 11.9. The summed E-state index contributed by atoms with van der Waals surface area (Å²) in [4.78, 5) is 8.05. The molecule has 0 saturated carbocycles. The summed E-state index contributed by atoms with van der Waals surface area (Å²) in [6, 6.07) is 1.70. The standard InChI is InChI=1S/C12H21N4/c13-8-5-3-1-2-4-6-9-14-12-15-10-7-11-16-12/h7,10H,1-6,8-9,13H2,(H,14,15,16). The van der Waals surface area contributed by atoms with Crippen molar-refractivity contribution < 1.29 is 0 Å². The van der Waals surface area contributed by atoms with Gasteiger partial charge in [0.15, 0.2) is 0 Å². The first-order valence-corrected chi connectivity index (χ1v) is 6.06. The van der Waals surface area contributed by atoms with Gasteiger partial charge < -0.3 is 11.1 Å². The molecule has 0 saturated heterocycles. The first-order chi connectivity index (χ1) is 7.93. The maximum atomic E-state index is 5.43. The average Bonchev–Trinajstić information content (AvgIpc) is 2.34. The van der Waals surface area contributed by atoms with Crippen LogP contribution in [0.1, 0.15) is 38.5 Å². The Labute approximate surface area is 97.7 Å². The number of nitrogens with one attached hydrogen (secondary N) is 1. The van der Waals surface area contributed by atoms with Gasteiger partial charge in [-0.3, -0.25) is 0 Å². The van der Waals surface area contributed by atoms with Crippen LogP contribution in [0.15, 0.2) is 12.3 Å². The Balaban J connectivity index is 1.89. The smallest absolute Gasteiger partial charge is 0.223 e. The van der Waals surface area contributed by atoms with Crippen LogP contribution in [0, 0.1) is 6.20 Å². The van der Waals surface area contributed by atoms with Crippen molar-refractivity contribution in [1.82, 2.24) is 9.97 Å². The first kappa shape index (κ1) is 12.9. The highest BCUT2D eigenvalue weighted by Gasteiger charge is 1.93. The minimum absolute atomic E-state index is 0.672. The number of unbranched alkanes of at least 4 members (excludes halogenated alkanes) is 5. The zero-order chi connectivity index (χ0) is 11.5. The molecule has 0 aliphatic rings. The van der Waals surface area contributed by atoms with Crippen molar-refractivity contribution in [2.75, 3.05) is 18.4 Å². The number of nitrogens with zero attached hydrogens (tertiary/aromatic N) is 2. The van der Waals surface area contributed by atoms with Gasteiger partial charge in [0.05, 0.1) is 6.20 Å². The number of hydrogen-bond donors (Lipinski definition) is 2. The van der Waals surface area contributed by atoms with Crippen LogP contribution in [0.4, 0.5) is 5.95 Å². The molecule has 0 aromatic carbocycles. The molecule has 4 nitrogen and oxygen atoms in total. The maximum Gasteiger partial charge on any atom is 0.223 e. The van der Waals surface area contributed by atoms with Crippen molar-refractivity contribution in [2.24, 2.45) is 5.73 Å². The summed E-state index contributed by atoms with van der Waals surface area (Å²) in [5.74, 6) is 0.672. The molecule has 1 radical (unpaired) electrons. The largest absolute Gasteiger partial charge is 0.354 e. The van der Waals surface area contributed by atoms with E-state index in [0.29, 0.717) is 5.95 Å². The summed E-state index contributed by atoms with van der Waals surface area (Å²) < 4.78 is 0. The fourth-order valence-corrected chi connectivity index (χ4v) is 1.53. The second kappa shape index (κ2) is 9.09. The Hall–Kier alpha value is -1.16. The Morgan fingerprint density at radius 2 is 1.88 bits per heavy atom. The van der Waals surface area contributed by atoms with Gasteiger partial charge in [-0.25, -0.2) is 9.97 Å². The van der Waals surface area contributed by atoms with E-state index in [-0.39, 0.29) is 0 Å². The van der Waals surface area contributed by atoms with Gasteiger partial charge in [-0.1, -0.05) is 25.7 Å². The van der Waals surface area contributed by atoms with Gasteiger partial charge >= 0.3 is 0 Å². The van der Waals surface area contributed by atoms with Crippen molar-refractivity contribution >= 4 is 5.95 Å². The summed E-state index contributed by atoms with van der Waals surface area (Å²) in [5.41, 5.74) is 5.43. The highest BCUT2D eigenvalue weighted by Crippen LogP contribution is 2.05. The van der Waals surface area contributed by atoms with Crippen LogP contribution in [0.25, 0.3) is 0 Å². The van der Waals surface area contributed by atoms with Crippen LogP contribution in [0.3, 0.4) is 0 Å². The zero-order valence-electron chi connectivity index (χ0n) is 9.78. The predicted molar refractivity (Wildman–Crippen MR) is 66.1 cm³/mol. The first-order valence-electron chi connectivity index (χ1n) is 6.06. The third-order valence-corrected chi connectivity index (χ3v) is 2.43. The van der Waals surface area contributed by atoms with Crippen LogP contribution >= 0.6 is 0 Å². The van der Waals surface area contributed by atoms with Crippen LogP contribution in [-0.4, -0.2) is 23.1 Å². The van der Waals surface area contributed by atoms with Gasteiger partial charge in [0.25, 0.3) is 0 Å². The summed E-state index contributed by atoms with van der Waals surface area (Å²) >= 11 is 0. The number of nitrogens with two attached hydrogens (primary N) is 1. The molecule has 0 aliphatic heterocycles. The maximum absolute atomic E-state index is 5.43. The van der Waals surface area contributed by atoms with Crippen molar-refractivity contribution in [1.29, 1.82) is 0 Å². The van der Waals surface area contributed by atoms with Crippen LogP contribution in [-0.2, 0) is 0 Å². The van der Waals surface area contributed by atoms with E-state index in [1.807, 2.05) is 0 Å². The molecular weight excluding hydrogens is 200 g/mol. The van der Waals surface area contributed by atoms with E-state index >= 15 is 0 Å². The topological polar surface area (TPSA) is 63.8 Å². The van der Waals surface area contributed by atoms with Crippen LogP contribution in [0.2, 0.25) is 0 Å². The molecule has 3 N–H and O–H groups in total. The lowest BCUT2D eigenvalue weighted by Crippen LogP contribution is -2.04. The monoisotopic (exact) mass is 221 g/mol. The lowest BCUT2D eigenvalue weighted by atomic mass is 10.1. The summed E-state index contributed by atoms with van der Waals surface area (Å²) in [5, 5.41) is 3.17. The Bertz CT molecular complexity index is 250. The lowest BCUT2D eigenvalue weighted by molar-refractivity contribution is 0.605. The van der Waals surface area contributed by atoms with Gasteiger partial charge in [-0.05, 0) is 25.5 Å². The van der Waals surface area contributed by atoms with Gasteiger partial charge in [0.1, 0.15) is 0 Å². The third kappa shape index (κ3) is 6.35. The van der Waals surface area contributed by atoms with E-state index in [1.54, 1.807) is 12.3 Å². The molecule has 1 aromatic heterocycles. The molecule has 1 heterocycles. The Morgan fingerprint density at radius 3 is 2.56 bits per heavy atom. The molecule has 0 atom stereocenters. The summed E-state index contributed by atoms with van der Waals surface area (Å²) in [7, 11) is 0. The zero-order valence-corrected chi connectivity index (χ0v) is 9.78. The molecule has 0 aliphatic carbocycles. The molecule has 16 heavy (non-hydrogen) atoms. The van der Waals surface area contributed by atoms with Gasteiger partial charge in [0.2, 0.25) is 5.95 Å². The number of aromatic nitrogens is 2. The molecular formula is C12H21N4. The molecule has 1 rings (SSSR count). The van der Waals surface area contributed by atoms with E-state index in [1.165, 1.54) is 32.1 Å². The minimum atomic E-state index is 0.672. The molecule has 0 bridgehead atoms. The second-order valence-corrected chi connectivity index (χ2v) is 3.85. The molecule has 0 amide bonds. The summed E-state index contributed by atoms with van der Waals surface area (Å²) in [6.45, 7) is 1.76. The predicted octanol–water partition coefficient (Wildman–Crippen LogP) is 1.99. The van der Waals surface area contributed by atoms with Crippen molar-refractivity contribution in [2.45, 2.75) is 38.5 Å². The number of rotatable bonds is 9. The highest BCUT2D eigenvalue weighted by atomic mass is 15.1. The van der Waals surface area contributed by atoms with Crippen molar-refractivity contribution in [3.05, 3.63) is 18.5 Å². The van der Waals surface area contributed by atoms with Gasteiger partial charge in [-0.15, -0.1) is 0 Å². The molecule has 4 heteroatoms. The van der Waals surface area contributed by atoms with Gasteiger partial charge in [0, 0.05) is 12.7 Å². The SMILES string of the molecule is NCCCCCCCCNc1n[c]ccn1. The molecule has 0 spiro atoms. The number of anilines is 1. The average molecular weight is 221 g/mol. The Morgan fingerprint density at radius 1 is 1.12 bits per heavy atom. The van der Waals surface area contributed by atoms with Crippen molar-refractivity contribution in [3.8, 4) is 0 Å². The van der Waals surface area contributed by atoms with E-state index in [0.717, 1.165) is 19.5 Å². The number of hydrogen-bond acceptors (Lipinski definition) is 4. The van der Waals surface area contributed by atoms with Gasteiger partial charge in [-0.2, -0.15) is 0 Å². The minimum Gasteiger partial charge on any atom is -0.354 e. The van der Waals surface area contributed by atoms with E-state index in [2.05, 4.69) is 21.5 Å². The third-order valence-electron chi connectivity index (χ3n) is 2.43. The highest BCUT2D eigenvalue weighted by molar-refractivity contribution is 5.21. The molecule has 89 valence electrons. The molecule has 0 fully saturated rings. The van der Waals surface area contributed by atoms with Crippen LogP contribution in [0.5, 0.6) is 0 Å². The second-order valence-electron chi connectivity index (χ2n) is 3.85. The van der Waals surface area contributed by atoms with E-state index in [4.69, 9.17) is 5.73 Å². The van der Waals surface area contributed by atoms with E-state index < -0.39 is 0 Å².